The van der Waals surface area contributed by atoms with E-state index in [0.717, 1.165) is 0 Å². The molecule has 0 spiro atoms. The van der Waals surface area contributed by atoms with E-state index in [0.29, 0.717) is 0 Å². The molecule has 13 N–H and O–H groups in total. The van der Waals surface area contributed by atoms with Gasteiger partial charge in [-0.3, -0.25) is 0 Å². The highest BCUT2D eigenvalue weighted by Gasteiger charge is 2.47. The van der Waals surface area contributed by atoms with Crippen molar-refractivity contribution in [1.29, 1.82) is 0 Å². The molecule has 0 saturated heterocycles. The highest BCUT2D eigenvalue weighted by molar-refractivity contribution is 6.29. The summed E-state index contributed by atoms with van der Waals surface area (Å²) in [4.78, 5) is 230. The van der Waals surface area contributed by atoms with Gasteiger partial charge in [0.25, 0.3) is 0 Å². The van der Waals surface area contributed by atoms with E-state index in [1.165, 1.54) is 0 Å². The van der Waals surface area contributed by atoms with Crippen LogP contribution >= 0.6 is 0 Å². The van der Waals surface area contributed by atoms with Crippen LogP contribution in [0.2, 0.25) is 0 Å². The number of benzene rings is 3. The number of carbonyl (C=O) groups is 18. The van der Waals surface area contributed by atoms with E-state index in [9.17, 15) is 153 Å². The molecule has 0 aromatic heterocycles. The minimum absolute atomic E-state index is 0.0217. The molecule has 0 aliphatic carbocycles. The molecule has 34 nitrogen and oxygen atoms in total. The van der Waals surface area contributed by atoms with Crippen molar-refractivity contribution in [3.63, 3.8) is 0 Å². The van der Waals surface area contributed by atoms with Crippen LogP contribution in [0.5, 0.6) is 0 Å². The first-order valence-electron chi connectivity index (χ1n) is 17.2. The molecule has 3 rings (SSSR count). The first-order chi connectivity index (χ1) is 33.1. The normalized spacial score (nSPS) is 10.3. The van der Waals surface area contributed by atoms with Gasteiger partial charge < -0.3 is 80.6 Å². The summed E-state index contributed by atoms with van der Waals surface area (Å²) < 4.78 is 12.8. The molecule has 0 aliphatic heterocycles. The van der Waals surface area contributed by atoms with Crippen LogP contribution in [0.15, 0.2) is 12.8 Å². The Morgan fingerprint density at radius 2 is 0.333 bits per heavy atom. The van der Waals surface area contributed by atoms with E-state index in [-0.39, 0.29) is 6.26 Å². The zero-order chi connectivity index (χ0) is 55.6. The van der Waals surface area contributed by atoms with Crippen LogP contribution in [0, 0.1) is 0 Å². The maximum Gasteiger partial charge on any atom is 0.347 e. The lowest BCUT2D eigenvalue weighted by Gasteiger charge is -2.20. The Morgan fingerprint density at radius 3 is 0.472 bits per heavy atom. The number of carbonyl (C=O) groups excluding carboxylic acids is 5. The number of esters is 5. The summed E-state index contributed by atoms with van der Waals surface area (Å²) in [6, 6.07) is 0. The molecule has 0 aliphatic rings. The molecule has 0 fully saturated rings. The molecular weight excluding hydrogens is 1000 g/mol. The second-order valence-corrected chi connectivity index (χ2v) is 12.6. The Morgan fingerprint density at radius 1 is 0.222 bits per heavy atom. The minimum atomic E-state index is -3.17. The molecule has 0 atom stereocenters. The molecule has 3 aromatic rings. The zero-order valence-electron chi connectivity index (χ0n) is 33.7. The van der Waals surface area contributed by atoms with Gasteiger partial charge in [-0.1, -0.05) is 6.58 Å². The van der Waals surface area contributed by atoms with Gasteiger partial charge in [-0.15, -0.1) is 0 Å². The van der Waals surface area contributed by atoms with E-state index < -0.39 is 208 Å². The number of ether oxygens (including phenoxy) is 3. The molecule has 0 unspecified atom stereocenters. The fourth-order valence-electron chi connectivity index (χ4n) is 6.56. The second kappa shape index (κ2) is 20.0. The number of rotatable bonds is 19. The number of carboxylic acid groups (broad SMARTS) is 13. The molecular formula is C38H16O34. The second-order valence-electron chi connectivity index (χ2n) is 12.6. The Kier molecular flexibility index (Phi) is 15.2. The number of aromatic carboxylic acids is 13. The first kappa shape index (κ1) is 54.6. The van der Waals surface area contributed by atoms with Gasteiger partial charge in [0.2, 0.25) is 0 Å². The molecule has 0 amide bonds. The topological polar surface area (TPSA) is 598 Å². The first-order valence-corrected chi connectivity index (χ1v) is 17.2. The summed E-state index contributed by atoms with van der Waals surface area (Å²) in [5, 5.41) is 128. The maximum atomic E-state index is 14.2. The minimum Gasteiger partial charge on any atom is -0.478 e. The molecule has 0 bridgehead atoms. The Hall–Kier alpha value is -11.7. The Balaban J connectivity index is 2.81. The van der Waals surface area contributed by atoms with Crippen LogP contribution in [0.4, 0.5) is 0 Å². The van der Waals surface area contributed by atoms with Gasteiger partial charge in [-0.25, -0.2) is 86.3 Å². The SMILES string of the molecule is C=COC(=O)c1c(C(=O)O)c(C(=O)O)c(C(=O)O)c(C(=O)OC(=O)c2c(C(=O)O)c(C(=O)O)c(C(=O)O)c(C(=O)O)c2C(=O)O)c1C(=O)OC(=O)c1c(C(=O)O)c(C(=O)O)c(C(=O)O)c(C(=O)O)c1C(=O)O. The van der Waals surface area contributed by atoms with Crippen LogP contribution in [0.1, 0.15) is 186 Å². The van der Waals surface area contributed by atoms with E-state index >= 15 is 0 Å². The van der Waals surface area contributed by atoms with Gasteiger partial charge >= 0.3 is 107 Å². The number of hydrogen-bond acceptors (Lipinski definition) is 21. The Labute approximate surface area is 387 Å². The van der Waals surface area contributed by atoms with E-state index in [2.05, 4.69) is 20.8 Å². The van der Waals surface area contributed by atoms with Crippen molar-refractivity contribution < 1.29 is 167 Å². The zero-order valence-corrected chi connectivity index (χ0v) is 33.7. The van der Waals surface area contributed by atoms with Crippen molar-refractivity contribution in [1.82, 2.24) is 0 Å². The molecule has 72 heavy (non-hydrogen) atoms. The predicted molar refractivity (Wildman–Crippen MR) is 205 cm³/mol. The summed E-state index contributed by atoms with van der Waals surface area (Å²) in [5.74, 6) is -52.0. The highest BCUT2D eigenvalue weighted by Crippen LogP contribution is 2.36. The van der Waals surface area contributed by atoms with Crippen molar-refractivity contribution >= 4 is 107 Å². The summed E-state index contributed by atoms with van der Waals surface area (Å²) in [6.07, 6.45) is -0.0217. The third-order valence-corrected chi connectivity index (χ3v) is 8.86. The van der Waals surface area contributed by atoms with Gasteiger partial charge in [0.1, 0.15) is 0 Å². The van der Waals surface area contributed by atoms with Gasteiger partial charge in [0.15, 0.2) is 0 Å². The van der Waals surface area contributed by atoms with E-state index in [1.807, 2.05) is 0 Å². The van der Waals surface area contributed by atoms with Gasteiger partial charge in [-0.2, -0.15) is 0 Å². The largest absolute Gasteiger partial charge is 0.478 e. The van der Waals surface area contributed by atoms with E-state index in [1.54, 1.807) is 0 Å². The monoisotopic (exact) mass is 1020 g/mol. The molecule has 34 heteroatoms. The summed E-state index contributed by atoms with van der Waals surface area (Å²) in [7, 11) is 0. The average molecular weight is 1020 g/mol. The maximum absolute atomic E-state index is 14.2. The van der Waals surface area contributed by atoms with Gasteiger partial charge in [0, 0.05) is 0 Å². The fourth-order valence-corrected chi connectivity index (χ4v) is 6.56. The number of carboxylic acids is 13. The van der Waals surface area contributed by atoms with Crippen molar-refractivity contribution in [2.24, 2.45) is 0 Å². The molecule has 372 valence electrons. The molecule has 3 aromatic carbocycles. The summed E-state index contributed by atoms with van der Waals surface area (Å²) >= 11 is 0. The van der Waals surface area contributed by atoms with Crippen LogP contribution in [0.3, 0.4) is 0 Å². The molecule has 0 radical (unpaired) electrons. The van der Waals surface area contributed by atoms with Crippen LogP contribution in [-0.4, -0.2) is 174 Å². The van der Waals surface area contributed by atoms with Crippen molar-refractivity contribution in [3.8, 4) is 0 Å². The smallest absolute Gasteiger partial charge is 0.347 e. The van der Waals surface area contributed by atoms with Crippen LogP contribution in [0.25, 0.3) is 0 Å². The quantitative estimate of drug-likeness (QED) is 0.0327. The lowest BCUT2D eigenvalue weighted by Crippen LogP contribution is -2.33. The lowest BCUT2D eigenvalue weighted by molar-refractivity contribution is 0.0345. The van der Waals surface area contributed by atoms with Crippen molar-refractivity contribution in [3.05, 3.63) is 113 Å². The summed E-state index contributed by atoms with van der Waals surface area (Å²) in [5.41, 5.74) is -43.0. The predicted octanol–water partition coefficient (Wildman–Crippen LogP) is 0.0579. The van der Waals surface area contributed by atoms with Crippen LogP contribution < -0.4 is 0 Å². The van der Waals surface area contributed by atoms with Crippen molar-refractivity contribution in [2.45, 2.75) is 0 Å². The number of hydrogen-bond donors (Lipinski definition) is 13. The van der Waals surface area contributed by atoms with Gasteiger partial charge in [0.05, 0.1) is 106 Å². The standard InChI is InChI=1S/C38H16O34/c1-2-70-34(65)18-14(32(61)62)9(27(51)52)15(33(63)64)19(37(68)71-35(66)16-10(28(53)54)5(23(43)44)3(21(39)40)6(24(45)46)11(16)29(55)56)20(18)38(69)72-36(67)17-12(30(57)58)7(25(47)48)4(22(41)42)8(26(49)50)13(17)31(59)60/h2H,1H2,(H,39,40)(H,41,42)(H,43,44)(H,45,46)(H,47,48)(H,49,50)(H,51,52)(H,53,54)(H,55,56)(H,57,58)(H,59,60)(H,61,62)(H,63,64). The van der Waals surface area contributed by atoms with Crippen LogP contribution in [-0.2, 0) is 14.2 Å². The fraction of sp³-hybridized carbons (Fsp3) is 0. The third-order valence-electron chi connectivity index (χ3n) is 8.86. The van der Waals surface area contributed by atoms with Crippen molar-refractivity contribution in [2.75, 3.05) is 0 Å². The summed E-state index contributed by atoms with van der Waals surface area (Å²) in [6.45, 7) is 2.84. The highest BCUT2D eigenvalue weighted by atomic mass is 16.6. The average Bonchev–Trinajstić information content (AvgIpc) is 3.24. The molecule has 0 saturated carbocycles. The van der Waals surface area contributed by atoms with E-state index in [4.69, 9.17) is 0 Å². The Bertz CT molecular complexity index is 3160. The third kappa shape index (κ3) is 9.31. The molecule has 0 heterocycles. The lowest BCUT2D eigenvalue weighted by atomic mass is 9.85. The van der Waals surface area contributed by atoms with Gasteiger partial charge in [-0.05, 0) is 0 Å².